The van der Waals surface area contributed by atoms with E-state index in [1.54, 1.807) is 0 Å². The summed E-state index contributed by atoms with van der Waals surface area (Å²) in [6.45, 7) is 6.94. The summed E-state index contributed by atoms with van der Waals surface area (Å²) in [7, 11) is 0. The van der Waals surface area contributed by atoms with Gasteiger partial charge in [-0.15, -0.1) is 24.8 Å². The Bertz CT molecular complexity index is 518. The van der Waals surface area contributed by atoms with Gasteiger partial charge < -0.3 is 16.0 Å². The molecule has 3 atom stereocenters. The Morgan fingerprint density at radius 1 is 1.00 bits per heavy atom. The lowest BCUT2D eigenvalue weighted by molar-refractivity contribution is -0.141. The smallest absolute Gasteiger partial charge is 0.237 e. The number of rotatable bonds is 4. The van der Waals surface area contributed by atoms with E-state index in [9.17, 15) is 9.59 Å². The summed E-state index contributed by atoms with van der Waals surface area (Å²) in [5.41, 5.74) is 6.04. The monoisotopic (exact) mass is 436 g/mol. The molecule has 8 heteroatoms. The maximum Gasteiger partial charge on any atom is 0.237 e. The number of nitrogens with two attached hydrogens (primary N) is 1. The third-order valence-electron chi connectivity index (χ3n) is 6.81. The van der Waals surface area contributed by atoms with Crippen molar-refractivity contribution in [3.8, 4) is 0 Å². The zero-order valence-electron chi connectivity index (χ0n) is 17.3. The SMILES string of the molecule is CC(C(=O)NC1CCCC1)N1CCN(C(=O)C2CCCCC2(C)N)CC1.Cl.Cl. The third-order valence-corrected chi connectivity index (χ3v) is 6.81. The number of nitrogens with zero attached hydrogens (tertiary/aromatic N) is 2. The molecule has 1 saturated heterocycles. The van der Waals surface area contributed by atoms with Crippen molar-refractivity contribution < 1.29 is 9.59 Å². The summed E-state index contributed by atoms with van der Waals surface area (Å²) in [6, 6.07) is 0.239. The first-order chi connectivity index (χ1) is 12.4. The van der Waals surface area contributed by atoms with Crippen LogP contribution in [0.4, 0.5) is 0 Å². The average molecular weight is 437 g/mol. The number of carbonyl (C=O) groups excluding carboxylic acids is 2. The van der Waals surface area contributed by atoms with Crippen LogP contribution in [0, 0.1) is 5.92 Å². The number of piperazine rings is 1. The molecule has 3 N–H and O–H groups in total. The highest BCUT2D eigenvalue weighted by molar-refractivity contribution is 5.85. The van der Waals surface area contributed by atoms with Crippen molar-refractivity contribution in [1.82, 2.24) is 15.1 Å². The second kappa shape index (κ2) is 11.0. The summed E-state index contributed by atoms with van der Waals surface area (Å²) < 4.78 is 0. The standard InChI is InChI=1S/C20H36N4O2.2ClH/c1-15(18(25)22-16-7-3-4-8-16)23-11-13-24(14-12-23)19(26)17-9-5-6-10-20(17,2)21;;/h15-17H,3-14,21H2,1-2H3,(H,22,25);2*1H. The van der Waals surface area contributed by atoms with E-state index in [0.717, 1.165) is 51.6 Å². The lowest BCUT2D eigenvalue weighted by Gasteiger charge is -2.43. The number of hydrogen-bond donors (Lipinski definition) is 2. The maximum atomic E-state index is 13.0. The number of halogens is 2. The fraction of sp³-hybridized carbons (Fsp3) is 0.900. The molecule has 0 aromatic carbocycles. The van der Waals surface area contributed by atoms with Crippen LogP contribution < -0.4 is 11.1 Å². The first-order valence-corrected chi connectivity index (χ1v) is 10.5. The molecule has 0 aromatic rings. The van der Waals surface area contributed by atoms with Crippen LogP contribution in [-0.4, -0.2) is 65.4 Å². The van der Waals surface area contributed by atoms with Crippen LogP contribution >= 0.6 is 24.8 Å². The Balaban J connectivity index is 0.00000196. The van der Waals surface area contributed by atoms with Gasteiger partial charge >= 0.3 is 0 Å². The van der Waals surface area contributed by atoms with Crippen LogP contribution in [-0.2, 0) is 9.59 Å². The largest absolute Gasteiger partial charge is 0.352 e. The number of amides is 2. The molecule has 2 saturated carbocycles. The van der Waals surface area contributed by atoms with Crippen molar-refractivity contribution in [3.63, 3.8) is 0 Å². The van der Waals surface area contributed by atoms with E-state index in [2.05, 4.69) is 10.2 Å². The summed E-state index contributed by atoms with van der Waals surface area (Å²) in [4.78, 5) is 29.6. The number of nitrogens with one attached hydrogen (secondary N) is 1. The van der Waals surface area contributed by atoms with Crippen LogP contribution in [0.5, 0.6) is 0 Å². The van der Waals surface area contributed by atoms with Gasteiger partial charge in [-0.3, -0.25) is 14.5 Å². The van der Waals surface area contributed by atoms with E-state index in [1.165, 1.54) is 12.8 Å². The molecular formula is C20H38Cl2N4O2. The summed E-state index contributed by atoms with van der Waals surface area (Å²) in [6.07, 6.45) is 8.73. The van der Waals surface area contributed by atoms with Gasteiger partial charge in [-0.2, -0.15) is 0 Å². The van der Waals surface area contributed by atoms with Gasteiger partial charge in [-0.25, -0.2) is 0 Å². The van der Waals surface area contributed by atoms with E-state index >= 15 is 0 Å². The lowest BCUT2D eigenvalue weighted by atomic mass is 9.74. The van der Waals surface area contributed by atoms with Gasteiger partial charge in [-0.1, -0.05) is 25.7 Å². The molecule has 3 aliphatic rings. The Morgan fingerprint density at radius 2 is 1.57 bits per heavy atom. The Morgan fingerprint density at radius 3 is 2.14 bits per heavy atom. The normalized spacial score (nSPS) is 30.1. The van der Waals surface area contributed by atoms with Gasteiger partial charge in [0, 0.05) is 37.8 Å². The molecule has 0 spiro atoms. The summed E-state index contributed by atoms with van der Waals surface area (Å²) in [5, 5.41) is 3.19. The Hall–Kier alpha value is -0.560. The van der Waals surface area contributed by atoms with Gasteiger partial charge in [0.25, 0.3) is 0 Å². The van der Waals surface area contributed by atoms with Crippen molar-refractivity contribution in [3.05, 3.63) is 0 Å². The van der Waals surface area contributed by atoms with Crippen molar-refractivity contribution in [1.29, 1.82) is 0 Å². The molecule has 0 bridgehead atoms. The molecule has 3 fully saturated rings. The summed E-state index contributed by atoms with van der Waals surface area (Å²) >= 11 is 0. The van der Waals surface area contributed by atoms with Crippen molar-refractivity contribution in [2.75, 3.05) is 26.2 Å². The summed E-state index contributed by atoms with van der Waals surface area (Å²) in [5.74, 6) is 0.307. The second-order valence-corrected chi connectivity index (χ2v) is 8.83. The topological polar surface area (TPSA) is 78.7 Å². The van der Waals surface area contributed by atoms with E-state index in [1.807, 2.05) is 18.7 Å². The molecule has 1 heterocycles. The lowest BCUT2D eigenvalue weighted by Crippen LogP contribution is -2.59. The molecule has 2 amide bonds. The Labute approximate surface area is 182 Å². The third kappa shape index (κ3) is 5.97. The van der Waals surface area contributed by atoms with Crippen LogP contribution in [0.25, 0.3) is 0 Å². The quantitative estimate of drug-likeness (QED) is 0.708. The molecule has 28 heavy (non-hydrogen) atoms. The van der Waals surface area contributed by atoms with Crippen molar-refractivity contribution in [2.24, 2.45) is 11.7 Å². The van der Waals surface area contributed by atoms with E-state index in [-0.39, 0.29) is 54.1 Å². The van der Waals surface area contributed by atoms with Gasteiger partial charge in [0.1, 0.15) is 0 Å². The van der Waals surface area contributed by atoms with Gasteiger partial charge in [0.2, 0.25) is 11.8 Å². The highest BCUT2D eigenvalue weighted by Crippen LogP contribution is 2.33. The van der Waals surface area contributed by atoms with Gasteiger partial charge in [-0.05, 0) is 39.5 Å². The molecule has 6 nitrogen and oxygen atoms in total. The van der Waals surface area contributed by atoms with Crippen molar-refractivity contribution >= 4 is 36.6 Å². The highest BCUT2D eigenvalue weighted by Gasteiger charge is 2.40. The Kier molecular flexibility index (Phi) is 10.0. The second-order valence-electron chi connectivity index (χ2n) is 8.83. The van der Waals surface area contributed by atoms with Crippen LogP contribution in [0.15, 0.2) is 0 Å². The minimum absolute atomic E-state index is 0. The maximum absolute atomic E-state index is 13.0. The molecule has 3 unspecified atom stereocenters. The molecular weight excluding hydrogens is 399 g/mol. The fourth-order valence-electron chi connectivity index (χ4n) is 4.87. The van der Waals surface area contributed by atoms with Crippen LogP contribution in [0.2, 0.25) is 0 Å². The molecule has 0 aromatic heterocycles. The predicted octanol–water partition coefficient (Wildman–Crippen LogP) is 2.33. The minimum atomic E-state index is -0.374. The van der Waals surface area contributed by atoms with Crippen LogP contribution in [0.1, 0.15) is 65.2 Å². The molecule has 1 aliphatic heterocycles. The van der Waals surface area contributed by atoms with Crippen LogP contribution in [0.3, 0.4) is 0 Å². The van der Waals surface area contributed by atoms with E-state index < -0.39 is 0 Å². The first-order valence-electron chi connectivity index (χ1n) is 10.5. The molecule has 3 rings (SSSR count). The highest BCUT2D eigenvalue weighted by atomic mass is 35.5. The average Bonchev–Trinajstić information content (AvgIpc) is 3.13. The fourth-order valence-corrected chi connectivity index (χ4v) is 4.87. The van der Waals surface area contributed by atoms with Gasteiger partial charge in [0.15, 0.2) is 0 Å². The number of carbonyl (C=O) groups is 2. The molecule has 164 valence electrons. The minimum Gasteiger partial charge on any atom is -0.352 e. The predicted molar refractivity (Wildman–Crippen MR) is 117 cm³/mol. The zero-order valence-corrected chi connectivity index (χ0v) is 19.0. The van der Waals surface area contributed by atoms with Gasteiger partial charge in [0.05, 0.1) is 12.0 Å². The van der Waals surface area contributed by atoms with E-state index in [4.69, 9.17) is 5.73 Å². The molecule has 0 radical (unpaired) electrons. The number of hydrogen-bond acceptors (Lipinski definition) is 4. The first kappa shape index (κ1) is 25.5. The molecule has 2 aliphatic carbocycles. The van der Waals surface area contributed by atoms with E-state index in [0.29, 0.717) is 19.1 Å². The zero-order chi connectivity index (χ0) is 18.7. The van der Waals surface area contributed by atoms with Crippen molar-refractivity contribution in [2.45, 2.75) is 82.8 Å².